The molecule has 0 spiro atoms. The lowest BCUT2D eigenvalue weighted by molar-refractivity contribution is -0.384. The van der Waals surface area contributed by atoms with E-state index >= 15 is 0 Å². The van der Waals surface area contributed by atoms with Crippen LogP contribution in [0.1, 0.15) is 23.5 Å². The van der Waals surface area contributed by atoms with Gasteiger partial charge >= 0.3 is 0 Å². The summed E-state index contributed by atoms with van der Waals surface area (Å²) in [6.07, 6.45) is 1.72. The lowest BCUT2D eigenvalue weighted by Gasteiger charge is -2.26. The van der Waals surface area contributed by atoms with Crippen molar-refractivity contribution in [2.45, 2.75) is 12.1 Å². The molecule has 4 aromatic rings. The molecule has 2 atom stereocenters. The number of nitro groups is 1. The standard InChI is InChI=1S/C28H25ClN4O6S/c1-36-13-14-38-23-9-7-17(15-20(23)29)32-27(26(31-28(32)40)21-5-3-4-12-30-21)24-11-10-22(39-24)19-8-6-18(33(34)35)16-25(19)37-2/h3-12,15-16,26-27H,13-14H2,1-2H3,(H,31,40)/t26-,27+/m1/s1. The highest BCUT2D eigenvalue weighted by Crippen LogP contribution is 2.45. The first kappa shape index (κ1) is 27.4. The molecule has 2 aromatic heterocycles. The van der Waals surface area contributed by atoms with Gasteiger partial charge < -0.3 is 28.8 Å². The number of hydrogen-bond donors (Lipinski definition) is 1. The first-order valence-corrected chi connectivity index (χ1v) is 13.0. The van der Waals surface area contributed by atoms with Crippen LogP contribution in [0.5, 0.6) is 11.5 Å². The summed E-state index contributed by atoms with van der Waals surface area (Å²) in [5, 5.41) is 15.5. The number of hydrogen-bond acceptors (Lipinski definition) is 8. The van der Waals surface area contributed by atoms with Crippen LogP contribution in [0, 0.1) is 10.1 Å². The van der Waals surface area contributed by atoms with Crippen LogP contribution in [-0.4, -0.2) is 42.5 Å². The van der Waals surface area contributed by atoms with E-state index in [1.54, 1.807) is 37.6 Å². The number of pyridine rings is 1. The lowest BCUT2D eigenvalue weighted by Crippen LogP contribution is -2.29. The number of nitro benzene ring substituents is 1. The van der Waals surface area contributed by atoms with Crippen LogP contribution in [0.25, 0.3) is 11.3 Å². The Morgan fingerprint density at radius 2 is 1.95 bits per heavy atom. The number of methoxy groups -OCH3 is 2. The van der Waals surface area contributed by atoms with Gasteiger partial charge in [0.2, 0.25) is 0 Å². The number of furan rings is 1. The predicted octanol–water partition coefficient (Wildman–Crippen LogP) is 6.11. The van der Waals surface area contributed by atoms with E-state index in [9.17, 15) is 10.1 Å². The van der Waals surface area contributed by atoms with Gasteiger partial charge in [0, 0.05) is 25.1 Å². The normalized spacial score (nSPS) is 16.6. The Hall–Kier alpha value is -4.19. The van der Waals surface area contributed by atoms with E-state index in [1.807, 2.05) is 35.2 Å². The largest absolute Gasteiger partial charge is 0.496 e. The third kappa shape index (κ3) is 5.44. The number of nitrogens with zero attached hydrogens (tertiary/aromatic N) is 3. The van der Waals surface area contributed by atoms with E-state index in [-0.39, 0.29) is 11.7 Å². The zero-order valence-electron chi connectivity index (χ0n) is 21.6. The monoisotopic (exact) mass is 580 g/mol. The Labute approximate surface area is 240 Å². The van der Waals surface area contributed by atoms with Gasteiger partial charge in [0.05, 0.1) is 47.0 Å². The fourth-order valence-electron chi connectivity index (χ4n) is 4.57. The smallest absolute Gasteiger partial charge is 0.273 e. The Kier molecular flexibility index (Phi) is 8.15. The molecule has 10 nitrogen and oxygen atoms in total. The second kappa shape index (κ2) is 11.9. The maximum absolute atomic E-state index is 11.3. The van der Waals surface area contributed by atoms with Crippen LogP contribution < -0.4 is 19.7 Å². The van der Waals surface area contributed by atoms with E-state index in [4.69, 9.17) is 42.4 Å². The molecule has 0 radical (unpaired) electrons. The summed E-state index contributed by atoms with van der Waals surface area (Å²) < 4.78 is 22.6. The predicted molar refractivity (Wildman–Crippen MR) is 154 cm³/mol. The number of halogens is 1. The van der Waals surface area contributed by atoms with Crippen molar-refractivity contribution in [3.05, 3.63) is 99.5 Å². The second-order valence-corrected chi connectivity index (χ2v) is 9.59. The van der Waals surface area contributed by atoms with Gasteiger partial charge in [-0.2, -0.15) is 0 Å². The SMILES string of the molecule is COCCOc1ccc(N2C(=S)N[C@H](c3ccccn3)[C@@H]2c2ccc(-c3ccc([N+](=O)[O-])cc3OC)o2)cc1Cl. The van der Waals surface area contributed by atoms with Crippen LogP contribution in [0.15, 0.2) is 77.3 Å². The topological polar surface area (TPSA) is 112 Å². The number of benzene rings is 2. The quantitative estimate of drug-likeness (QED) is 0.102. The molecule has 0 saturated carbocycles. The van der Waals surface area contributed by atoms with Crippen molar-refractivity contribution >= 4 is 40.3 Å². The van der Waals surface area contributed by atoms with Crippen molar-refractivity contribution in [1.82, 2.24) is 10.3 Å². The molecule has 12 heteroatoms. The molecule has 2 aromatic carbocycles. The van der Waals surface area contributed by atoms with E-state index in [0.717, 1.165) is 11.4 Å². The maximum atomic E-state index is 11.3. The number of non-ortho nitro benzene ring substituents is 1. The third-order valence-electron chi connectivity index (χ3n) is 6.42. The molecule has 40 heavy (non-hydrogen) atoms. The highest BCUT2D eigenvalue weighted by atomic mass is 35.5. The highest BCUT2D eigenvalue weighted by molar-refractivity contribution is 7.80. The Morgan fingerprint density at radius 1 is 1.10 bits per heavy atom. The molecule has 3 heterocycles. The van der Waals surface area contributed by atoms with Gasteiger partial charge in [-0.25, -0.2) is 0 Å². The average molecular weight is 581 g/mol. The molecule has 1 N–H and O–H groups in total. The molecular weight excluding hydrogens is 556 g/mol. The van der Waals surface area contributed by atoms with E-state index in [0.29, 0.717) is 51.9 Å². The molecule has 206 valence electrons. The first-order valence-electron chi connectivity index (χ1n) is 12.3. The molecule has 0 bridgehead atoms. The number of nitrogens with one attached hydrogen (secondary N) is 1. The number of rotatable bonds is 10. The molecule has 0 amide bonds. The van der Waals surface area contributed by atoms with Crippen LogP contribution >= 0.6 is 23.8 Å². The number of anilines is 1. The van der Waals surface area contributed by atoms with Crippen LogP contribution in [0.3, 0.4) is 0 Å². The Balaban J connectivity index is 1.55. The van der Waals surface area contributed by atoms with E-state index < -0.39 is 11.0 Å². The maximum Gasteiger partial charge on any atom is 0.273 e. The highest BCUT2D eigenvalue weighted by Gasteiger charge is 2.43. The fraction of sp³-hybridized carbons (Fsp3) is 0.214. The lowest BCUT2D eigenvalue weighted by atomic mass is 10.0. The van der Waals surface area contributed by atoms with Crippen molar-refractivity contribution in [1.29, 1.82) is 0 Å². The molecular formula is C28H25ClN4O6S. The van der Waals surface area contributed by atoms with Gasteiger partial charge in [-0.15, -0.1) is 0 Å². The third-order valence-corrected chi connectivity index (χ3v) is 7.03. The van der Waals surface area contributed by atoms with Crippen molar-refractivity contribution in [3.8, 4) is 22.8 Å². The van der Waals surface area contributed by atoms with Crippen LogP contribution in [0.2, 0.25) is 5.02 Å². The van der Waals surface area contributed by atoms with Gasteiger partial charge in [0.15, 0.2) is 5.11 Å². The first-order chi connectivity index (χ1) is 19.4. The minimum absolute atomic E-state index is 0.0781. The molecule has 1 fully saturated rings. The fourth-order valence-corrected chi connectivity index (χ4v) is 5.14. The molecule has 5 rings (SSSR count). The number of aromatic nitrogens is 1. The van der Waals surface area contributed by atoms with Gasteiger partial charge in [-0.1, -0.05) is 17.7 Å². The summed E-state index contributed by atoms with van der Waals surface area (Å²) in [4.78, 5) is 17.3. The van der Waals surface area contributed by atoms with Gasteiger partial charge in [0.25, 0.3) is 5.69 Å². The molecule has 1 aliphatic rings. The van der Waals surface area contributed by atoms with Crippen molar-refractivity contribution in [2.24, 2.45) is 0 Å². The minimum atomic E-state index is -0.473. The summed E-state index contributed by atoms with van der Waals surface area (Å²) in [7, 11) is 3.06. The number of thiocarbonyl (C=S) groups is 1. The Bertz CT molecular complexity index is 1530. The average Bonchev–Trinajstić information content (AvgIpc) is 3.58. The zero-order chi connectivity index (χ0) is 28.2. The van der Waals surface area contributed by atoms with Gasteiger partial charge in [0.1, 0.15) is 35.7 Å². The molecule has 0 aliphatic carbocycles. The van der Waals surface area contributed by atoms with Crippen molar-refractivity contribution in [3.63, 3.8) is 0 Å². The van der Waals surface area contributed by atoms with Crippen molar-refractivity contribution < 1.29 is 23.6 Å². The van der Waals surface area contributed by atoms with Gasteiger partial charge in [-0.05, 0) is 60.7 Å². The summed E-state index contributed by atoms with van der Waals surface area (Å²) in [5.74, 6) is 1.93. The summed E-state index contributed by atoms with van der Waals surface area (Å²) in [5.41, 5.74) is 2.00. The zero-order valence-corrected chi connectivity index (χ0v) is 23.1. The summed E-state index contributed by atoms with van der Waals surface area (Å²) in [6.45, 7) is 0.803. The van der Waals surface area contributed by atoms with E-state index in [2.05, 4.69) is 10.3 Å². The summed E-state index contributed by atoms with van der Waals surface area (Å²) >= 11 is 12.4. The second-order valence-electron chi connectivity index (χ2n) is 8.80. The van der Waals surface area contributed by atoms with E-state index in [1.165, 1.54) is 19.2 Å². The van der Waals surface area contributed by atoms with Gasteiger partial charge in [-0.3, -0.25) is 15.1 Å². The van der Waals surface area contributed by atoms with Crippen LogP contribution in [-0.2, 0) is 4.74 Å². The van der Waals surface area contributed by atoms with Crippen molar-refractivity contribution in [2.75, 3.05) is 32.3 Å². The Morgan fingerprint density at radius 3 is 2.65 bits per heavy atom. The molecule has 0 unspecified atom stereocenters. The summed E-state index contributed by atoms with van der Waals surface area (Å²) in [6, 6.07) is 18.4. The molecule has 1 aliphatic heterocycles. The molecule has 1 saturated heterocycles. The van der Waals surface area contributed by atoms with Crippen LogP contribution in [0.4, 0.5) is 11.4 Å². The number of ether oxygens (including phenoxy) is 3. The minimum Gasteiger partial charge on any atom is -0.496 e.